The van der Waals surface area contributed by atoms with Gasteiger partial charge in [-0.1, -0.05) is 6.07 Å². The molecular weight excluding hydrogens is 517 g/mol. The van der Waals surface area contributed by atoms with Crippen LogP contribution in [0.25, 0.3) is 0 Å². The number of rotatable bonds is 5. The molecule has 198 valence electrons. The lowest BCUT2D eigenvalue weighted by atomic mass is 9.98. The number of aromatic carboxylic acids is 2. The zero-order chi connectivity index (χ0) is 27.3. The number of aryl methyl sites for hydroxylation is 1. The van der Waals surface area contributed by atoms with E-state index in [1.54, 1.807) is 11.8 Å². The first-order valence-corrected chi connectivity index (χ1v) is 11.8. The summed E-state index contributed by atoms with van der Waals surface area (Å²) >= 11 is 0.603. The fraction of sp³-hybridized carbons (Fsp3) is 0.348. The molecular formula is C23H23F3N4O6S. The minimum atomic E-state index is -4.35. The predicted molar refractivity (Wildman–Crippen MR) is 127 cm³/mol. The molecule has 0 atom stereocenters. The maximum absolute atomic E-state index is 12.3. The Morgan fingerprint density at radius 1 is 1.11 bits per heavy atom. The first-order valence-electron chi connectivity index (χ1n) is 10.9. The van der Waals surface area contributed by atoms with E-state index in [4.69, 9.17) is 0 Å². The van der Waals surface area contributed by atoms with Crippen LogP contribution < -0.4 is 10.6 Å². The Morgan fingerprint density at radius 3 is 2.32 bits per heavy atom. The molecule has 0 amide bonds. The van der Waals surface area contributed by atoms with Gasteiger partial charge in [0.25, 0.3) is 0 Å². The van der Waals surface area contributed by atoms with Gasteiger partial charge in [-0.15, -0.1) is 11.3 Å². The van der Waals surface area contributed by atoms with Crippen molar-refractivity contribution in [3.8, 4) is 0 Å². The number of aromatic nitrogens is 3. The number of alkyl halides is 3. The van der Waals surface area contributed by atoms with Crippen molar-refractivity contribution in [1.82, 2.24) is 14.5 Å². The lowest BCUT2D eigenvalue weighted by Crippen LogP contribution is -2.37. The van der Waals surface area contributed by atoms with Gasteiger partial charge in [0.05, 0.1) is 29.5 Å². The van der Waals surface area contributed by atoms with E-state index < -0.39 is 34.8 Å². The van der Waals surface area contributed by atoms with E-state index in [0.29, 0.717) is 47.7 Å². The third-order valence-corrected chi connectivity index (χ3v) is 6.68. The van der Waals surface area contributed by atoms with E-state index in [0.717, 1.165) is 17.0 Å². The number of hydrogen-bond donors (Lipinski definition) is 3. The van der Waals surface area contributed by atoms with Crippen molar-refractivity contribution in [2.45, 2.75) is 38.6 Å². The van der Waals surface area contributed by atoms with Crippen LogP contribution in [0.4, 0.5) is 18.9 Å². The molecule has 1 fully saturated rings. The predicted octanol–water partition coefficient (Wildman–Crippen LogP) is 3.12. The van der Waals surface area contributed by atoms with E-state index in [9.17, 15) is 42.9 Å². The molecule has 0 spiro atoms. The molecule has 3 N–H and O–H groups in total. The fourth-order valence-electron chi connectivity index (χ4n) is 3.76. The second kappa shape index (κ2) is 11.5. The molecule has 1 aliphatic heterocycles. The van der Waals surface area contributed by atoms with E-state index in [1.165, 1.54) is 24.5 Å². The third kappa shape index (κ3) is 6.92. The molecule has 3 heterocycles. The maximum Gasteiger partial charge on any atom is 0.425 e. The number of benzene rings is 1. The summed E-state index contributed by atoms with van der Waals surface area (Å²) in [4.78, 5) is 42.5. The number of aliphatic hydroxyl groups is 1. The van der Waals surface area contributed by atoms with E-state index in [2.05, 4.69) is 9.97 Å². The molecule has 4 rings (SSSR count). The monoisotopic (exact) mass is 540 g/mol. The van der Waals surface area contributed by atoms with Crippen LogP contribution in [0.1, 0.15) is 48.9 Å². The molecule has 2 aromatic heterocycles. The highest BCUT2D eigenvalue weighted by atomic mass is 32.1. The van der Waals surface area contributed by atoms with Gasteiger partial charge in [0.15, 0.2) is 0 Å². The topological polar surface area (TPSA) is 146 Å². The van der Waals surface area contributed by atoms with Crippen molar-refractivity contribution in [1.29, 1.82) is 0 Å². The number of carbonyl (C=O) groups is 2. The van der Waals surface area contributed by atoms with Gasteiger partial charge in [-0.25, -0.2) is 19.4 Å². The van der Waals surface area contributed by atoms with Gasteiger partial charge in [0.2, 0.25) is 0 Å². The normalized spacial score (nSPS) is 14.1. The lowest BCUT2D eigenvalue weighted by molar-refractivity contribution is -0.134. The molecule has 1 aromatic carbocycles. The number of carboxylic acid groups (broad SMARTS) is 2. The summed E-state index contributed by atoms with van der Waals surface area (Å²) in [5.41, 5.74) is 0.258. The molecule has 1 saturated heterocycles. The van der Waals surface area contributed by atoms with Crippen LogP contribution in [0.15, 0.2) is 41.7 Å². The Labute approximate surface area is 212 Å². The standard InChI is InChI=1S/C14H17NO5.C9H6F3N3OS/c1-8-2-3-10(13(17)18)12(11(8)14(19)20)15-6-4-9(16)5-7-15;10-9(11,12)7-2-1-6(17-7)3-15-5-13-4-14-8(15)16/h2-3,9,16H,4-7H2,1H3,(H,17,18)(H,19,20);1-2,4-5H,3H2. The number of carboxylic acids is 2. The Morgan fingerprint density at radius 2 is 1.78 bits per heavy atom. The van der Waals surface area contributed by atoms with Gasteiger partial charge in [-0.2, -0.15) is 18.2 Å². The van der Waals surface area contributed by atoms with Gasteiger partial charge in [-0.05, 0) is 43.5 Å². The molecule has 0 saturated carbocycles. The van der Waals surface area contributed by atoms with Crippen LogP contribution in [-0.4, -0.2) is 61.0 Å². The molecule has 14 heteroatoms. The first kappa shape index (κ1) is 27.8. The zero-order valence-corrected chi connectivity index (χ0v) is 20.3. The highest BCUT2D eigenvalue weighted by Gasteiger charge is 2.32. The van der Waals surface area contributed by atoms with Gasteiger partial charge in [0, 0.05) is 18.0 Å². The second-order valence-electron chi connectivity index (χ2n) is 8.17. The maximum atomic E-state index is 12.3. The van der Waals surface area contributed by atoms with Gasteiger partial charge >= 0.3 is 23.8 Å². The van der Waals surface area contributed by atoms with Crippen molar-refractivity contribution >= 4 is 29.0 Å². The number of nitrogens with zero attached hydrogens (tertiary/aromatic N) is 4. The fourth-order valence-corrected chi connectivity index (χ4v) is 4.63. The van der Waals surface area contributed by atoms with Crippen molar-refractivity contribution in [3.05, 3.63) is 73.8 Å². The average molecular weight is 541 g/mol. The number of aliphatic hydroxyl groups excluding tert-OH is 1. The first-order chi connectivity index (χ1) is 17.4. The number of halogens is 3. The van der Waals surface area contributed by atoms with E-state index in [1.807, 2.05) is 0 Å². The molecule has 10 nitrogen and oxygen atoms in total. The minimum Gasteiger partial charge on any atom is -0.478 e. The second-order valence-corrected chi connectivity index (χ2v) is 9.33. The summed E-state index contributed by atoms with van der Waals surface area (Å²) in [6.45, 7) is 2.59. The Kier molecular flexibility index (Phi) is 8.65. The largest absolute Gasteiger partial charge is 0.478 e. The van der Waals surface area contributed by atoms with Gasteiger partial charge in [-0.3, -0.25) is 4.57 Å². The highest BCUT2D eigenvalue weighted by molar-refractivity contribution is 7.12. The summed E-state index contributed by atoms with van der Waals surface area (Å²) in [5, 5.41) is 28.2. The molecule has 0 radical (unpaired) electrons. The quantitative estimate of drug-likeness (QED) is 0.444. The average Bonchev–Trinajstić information content (AvgIpc) is 3.30. The van der Waals surface area contributed by atoms with Crippen LogP contribution in [0.5, 0.6) is 0 Å². The van der Waals surface area contributed by atoms with E-state index in [-0.39, 0.29) is 23.4 Å². The van der Waals surface area contributed by atoms with Crippen LogP contribution in [0, 0.1) is 6.92 Å². The number of piperidine rings is 1. The number of hydrogen-bond acceptors (Lipinski definition) is 8. The molecule has 0 bridgehead atoms. The Hall–Kier alpha value is -3.78. The summed E-state index contributed by atoms with van der Waals surface area (Å²) < 4.78 is 38.2. The molecule has 37 heavy (non-hydrogen) atoms. The number of thiophene rings is 1. The molecule has 0 aliphatic carbocycles. The summed E-state index contributed by atoms with van der Waals surface area (Å²) in [7, 11) is 0. The third-order valence-electron chi connectivity index (χ3n) is 5.57. The Balaban J connectivity index is 0.000000208. The van der Waals surface area contributed by atoms with Crippen LogP contribution in [0.3, 0.4) is 0 Å². The summed E-state index contributed by atoms with van der Waals surface area (Å²) in [6.07, 6.45) is -1.41. The molecule has 1 aliphatic rings. The number of anilines is 1. The van der Waals surface area contributed by atoms with Crippen LogP contribution in [0.2, 0.25) is 0 Å². The SMILES string of the molecule is Cc1ccc(C(=O)O)c(N2CCC(O)CC2)c1C(=O)O.O=c1ncncn1Cc1ccc(C(F)(F)F)s1. The summed E-state index contributed by atoms with van der Waals surface area (Å²) in [6, 6.07) is 5.28. The van der Waals surface area contributed by atoms with Crippen LogP contribution >= 0.6 is 11.3 Å². The lowest BCUT2D eigenvalue weighted by Gasteiger charge is -2.33. The van der Waals surface area contributed by atoms with Gasteiger partial charge < -0.3 is 20.2 Å². The van der Waals surface area contributed by atoms with Gasteiger partial charge in [0.1, 0.15) is 17.5 Å². The van der Waals surface area contributed by atoms with Crippen LogP contribution in [-0.2, 0) is 12.7 Å². The van der Waals surface area contributed by atoms with Crippen molar-refractivity contribution in [2.75, 3.05) is 18.0 Å². The smallest absolute Gasteiger partial charge is 0.425 e. The minimum absolute atomic E-state index is 0.00982. The van der Waals surface area contributed by atoms with Crippen molar-refractivity contribution in [2.24, 2.45) is 0 Å². The zero-order valence-electron chi connectivity index (χ0n) is 19.5. The van der Waals surface area contributed by atoms with Crippen molar-refractivity contribution < 1.29 is 38.1 Å². The van der Waals surface area contributed by atoms with Crippen molar-refractivity contribution in [3.63, 3.8) is 0 Å². The molecule has 0 unspecified atom stereocenters. The summed E-state index contributed by atoms with van der Waals surface area (Å²) in [5.74, 6) is -2.28. The van der Waals surface area contributed by atoms with E-state index >= 15 is 0 Å². The Bertz CT molecular complexity index is 1330. The highest BCUT2D eigenvalue weighted by Crippen LogP contribution is 2.35. The molecule has 3 aromatic rings.